The Kier molecular flexibility index (Phi) is 3.62. The summed E-state index contributed by atoms with van der Waals surface area (Å²) in [6.07, 6.45) is 4.03. The molecule has 0 atom stereocenters. The molecule has 2 rings (SSSR count). The molecule has 0 fully saturated rings. The zero-order valence-electron chi connectivity index (χ0n) is 10.4. The molecule has 1 amide bonds. The number of pyridine rings is 1. The normalized spacial score (nSPS) is 10.3. The van der Waals surface area contributed by atoms with E-state index in [0.717, 1.165) is 16.9 Å². The molecular formula is C13H15N3OS. The number of aryl methyl sites for hydroxylation is 1. The zero-order valence-corrected chi connectivity index (χ0v) is 11.2. The van der Waals surface area contributed by atoms with Crippen LogP contribution in [0.15, 0.2) is 29.9 Å². The van der Waals surface area contributed by atoms with Gasteiger partial charge in [0.1, 0.15) is 0 Å². The van der Waals surface area contributed by atoms with E-state index < -0.39 is 0 Å². The third kappa shape index (κ3) is 2.22. The van der Waals surface area contributed by atoms with Crippen molar-refractivity contribution in [2.75, 3.05) is 17.7 Å². The van der Waals surface area contributed by atoms with Gasteiger partial charge in [0.15, 0.2) is 0 Å². The Balaban J connectivity index is 2.33. The van der Waals surface area contributed by atoms with Gasteiger partial charge in [0, 0.05) is 13.2 Å². The van der Waals surface area contributed by atoms with Crippen LogP contribution in [-0.2, 0) is 6.42 Å². The maximum absolute atomic E-state index is 12.4. The van der Waals surface area contributed by atoms with Crippen LogP contribution in [0.25, 0.3) is 0 Å². The number of carbonyl (C=O) groups is 1. The Bertz CT molecular complexity index is 565. The van der Waals surface area contributed by atoms with E-state index in [-0.39, 0.29) is 5.91 Å². The smallest absolute Gasteiger partial charge is 0.268 e. The van der Waals surface area contributed by atoms with Crippen molar-refractivity contribution in [1.29, 1.82) is 0 Å². The monoisotopic (exact) mass is 261 g/mol. The van der Waals surface area contributed by atoms with E-state index in [1.165, 1.54) is 11.3 Å². The van der Waals surface area contributed by atoms with E-state index in [2.05, 4.69) is 4.98 Å². The van der Waals surface area contributed by atoms with E-state index in [0.29, 0.717) is 11.4 Å². The summed E-state index contributed by atoms with van der Waals surface area (Å²) in [5.41, 5.74) is 8.09. The molecule has 18 heavy (non-hydrogen) atoms. The molecule has 2 aromatic rings. The van der Waals surface area contributed by atoms with E-state index >= 15 is 0 Å². The topological polar surface area (TPSA) is 59.2 Å². The Hall–Kier alpha value is -1.88. The van der Waals surface area contributed by atoms with Gasteiger partial charge >= 0.3 is 0 Å². The average Bonchev–Trinajstić information content (AvgIpc) is 2.86. The van der Waals surface area contributed by atoms with Crippen LogP contribution in [0.4, 0.5) is 11.4 Å². The van der Waals surface area contributed by atoms with Crippen LogP contribution in [0.1, 0.15) is 22.2 Å². The molecule has 2 aromatic heterocycles. The van der Waals surface area contributed by atoms with Crippen molar-refractivity contribution < 1.29 is 4.79 Å². The van der Waals surface area contributed by atoms with E-state index in [1.807, 2.05) is 18.4 Å². The van der Waals surface area contributed by atoms with Crippen LogP contribution in [0.2, 0.25) is 0 Å². The number of anilines is 2. The molecule has 0 aliphatic rings. The second-order valence-electron chi connectivity index (χ2n) is 3.93. The van der Waals surface area contributed by atoms with Crippen LogP contribution >= 0.6 is 11.3 Å². The minimum atomic E-state index is -0.0280. The highest BCUT2D eigenvalue weighted by Crippen LogP contribution is 2.25. The molecule has 0 aliphatic heterocycles. The molecule has 2 heterocycles. The Morgan fingerprint density at radius 1 is 1.50 bits per heavy atom. The number of amides is 1. The standard InChI is InChI=1S/C13H15N3OS/c1-3-9-5-7-18-12(9)13(17)16(2)11-4-6-15-8-10(11)14/h4-8H,3,14H2,1-2H3. The highest BCUT2D eigenvalue weighted by molar-refractivity contribution is 7.12. The first kappa shape index (κ1) is 12.6. The van der Waals surface area contributed by atoms with Crippen molar-refractivity contribution in [3.05, 3.63) is 40.3 Å². The minimum Gasteiger partial charge on any atom is -0.396 e. The van der Waals surface area contributed by atoms with Gasteiger partial charge in [0.05, 0.1) is 22.4 Å². The molecule has 5 heteroatoms. The van der Waals surface area contributed by atoms with Crippen molar-refractivity contribution >= 4 is 28.6 Å². The quantitative estimate of drug-likeness (QED) is 0.923. The highest BCUT2D eigenvalue weighted by Gasteiger charge is 2.19. The maximum Gasteiger partial charge on any atom is 0.268 e. The lowest BCUT2D eigenvalue weighted by atomic mass is 10.2. The predicted molar refractivity (Wildman–Crippen MR) is 75.1 cm³/mol. The lowest BCUT2D eigenvalue weighted by molar-refractivity contribution is 0.0996. The SMILES string of the molecule is CCc1ccsc1C(=O)N(C)c1ccncc1N. The number of aromatic nitrogens is 1. The highest BCUT2D eigenvalue weighted by atomic mass is 32.1. The number of hydrogen-bond donors (Lipinski definition) is 1. The maximum atomic E-state index is 12.4. The molecule has 0 radical (unpaired) electrons. The molecule has 0 unspecified atom stereocenters. The van der Waals surface area contributed by atoms with Crippen LogP contribution in [0.3, 0.4) is 0 Å². The molecule has 4 nitrogen and oxygen atoms in total. The van der Waals surface area contributed by atoms with Gasteiger partial charge in [0.2, 0.25) is 0 Å². The van der Waals surface area contributed by atoms with Crippen molar-refractivity contribution in [1.82, 2.24) is 4.98 Å². The number of nitrogens with zero attached hydrogens (tertiary/aromatic N) is 2. The molecule has 94 valence electrons. The predicted octanol–water partition coefficient (Wildman–Crippen LogP) is 2.56. The third-order valence-electron chi connectivity index (χ3n) is 2.82. The van der Waals surface area contributed by atoms with Gasteiger partial charge in [-0.1, -0.05) is 6.92 Å². The van der Waals surface area contributed by atoms with Crippen LogP contribution in [0, 0.1) is 0 Å². The second-order valence-corrected chi connectivity index (χ2v) is 4.84. The minimum absolute atomic E-state index is 0.0280. The lowest BCUT2D eigenvalue weighted by Crippen LogP contribution is -2.27. The summed E-state index contributed by atoms with van der Waals surface area (Å²) in [6.45, 7) is 2.04. The molecule has 2 N–H and O–H groups in total. The van der Waals surface area contributed by atoms with Crippen molar-refractivity contribution in [2.45, 2.75) is 13.3 Å². The zero-order chi connectivity index (χ0) is 13.1. The van der Waals surface area contributed by atoms with E-state index in [1.54, 1.807) is 30.4 Å². The summed E-state index contributed by atoms with van der Waals surface area (Å²) in [7, 11) is 1.73. The Morgan fingerprint density at radius 2 is 2.28 bits per heavy atom. The fraction of sp³-hybridized carbons (Fsp3) is 0.231. The number of nitrogen functional groups attached to an aromatic ring is 1. The van der Waals surface area contributed by atoms with Crippen LogP contribution in [0.5, 0.6) is 0 Å². The van der Waals surface area contributed by atoms with Crippen molar-refractivity contribution in [3.63, 3.8) is 0 Å². The summed E-state index contributed by atoms with van der Waals surface area (Å²) < 4.78 is 0. The molecule has 0 saturated heterocycles. The molecule has 0 aliphatic carbocycles. The van der Waals surface area contributed by atoms with Gasteiger partial charge in [-0.15, -0.1) is 11.3 Å². The lowest BCUT2D eigenvalue weighted by Gasteiger charge is -2.18. The summed E-state index contributed by atoms with van der Waals surface area (Å²) in [4.78, 5) is 18.7. The first-order valence-corrected chi connectivity index (χ1v) is 6.57. The van der Waals surface area contributed by atoms with Crippen molar-refractivity contribution in [2.24, 2.45) is 0 Å². The Labute approximate surface area is 110 Å². The molecule has 0 spiro atoms. The van der Waals surface area contributed by atoms with Gasteiger partial charge in [-0.2, -0.15) is 0 Å². The summed E-state index contributed by atoms with van der Waals surface area (Å²) in [6, 6.07) is 3.73. The fourth-order valence-corrected chi connectivity index (χ4v) is 2.74. The van der Waals surface area contributed by atoms with Crippen LogP contribution < -0.4 is 10.6 Å². The molecule has 0 aromatic carbocycles. The number of rotatable bonds is 3. The molecule has 0 bridgehead atoms. The van der Waals surface area contributed by atoms with E-state index in [9.17, 15) is 4.79 Å². The van der Waals surface area contributed by atoms with Gasteiger partial charge in [0.25, 0.3) is 5.91 Å². The van der Waals surface area contributed by atoms with Crippen molar-refractivity contribution in [3.8, 4) is 0 Å². The second kappa shape index (κ2) is 5.18. The first-order valence-electron chi connectivity index (χ1n) is 5.69. The average molecular weight is 261 g/mol. The number of nitrogens with two attached hydrogens (primary N) is 1. The fourth-order valence-electron chi connectivity index (χ4n) is 1.77. The summed E-state index contributed by atoms with van der Waals surface area (Å²) in [5.74, 6) is -0.0280. The van der Waals surface area contributed by atoms with Gasteiger partial charge in [-0.05, 0) is 29.5 Å². The summed E-state index contributed by atoms with van der Waals surface area (Å²) >= 11 is 1.46. The first-order chi connectivity index (χ1) is 8.65. The number of thiophene rings is 1. The number of hydrogen-bond acceptors (Lipinski definition) is 4. The van der Waals surface area contributed by atoms with Gasteiger partial charge < -0.3 is 10.6 Å². The van der Waals surface area contributed by atoms with Gasteiger partial charge in [-0.3, -0.25) is 9.78 Å². The largest absolute Gasteiger partial charge is 0.396 e. The summed E-state index contributed by atoms with van der Waals surface area (Å²) in [5, 5.41) is 1.94. The molecular weight excluding hydrogens is 246 g/mol. The van der Waals surface area contributed by atoms with Crippen LogP contribution in [-0.4, -0.2) is 17.9 Å². The molecule has 0 saturated carbocycles. The Morgan fingerprint density at radius 3 is 2.94 bits per heavy atom. The van der Waals surface area contributed by atoms with E-state index in [4.69, 9.17) is 5.73 Å². The third-order valence-corrected chi connectivity index (χ3v) is 3.76. The van der Waals surface area contributed by atoms with Gasteiger partial charge in [-0.25, -0.2) is 0 Å². The number of carbonyl (C=O) groups excluding carboxylic acids is 1.